The molecular formula is C10H17N5. The van der Waals surface area contributed by atoms with Crippen LogP contribution in [0.15, 0.2) is 6.33 Å². The van der Waals surface area contributed by atoms with Gasteiger partial charge >= 0.3 is 0 Å². The SMILES string of the molecule is CC(C)(C)NCc1ncnn1CCC#N. The van der Waals surface area contributed by atoms with Gasteiger partial charge in [-0.25, -0.2) is 9.67 Å². The van der Waals surface area contributed by atoms with Gasteiger partial charge in [0.1, 0.15) is 12.2 Å². The Hall–Kier alpha value is -1.41. The fourth-order valence-corrected chi connectivity index (χ4v) is 1.11. The number of hydrogen-bond acceptors (Lipinski definition) is 4. The normalized spacial score (nSPS) is 11.3. The lowest BCUT2D eigenvalue weighted by Gasteiger charge is -2.20. The summed E-state index contributed by atoms with van der Waals surface area (Å²) < 4.78 is 1.77. The van der Waals surface area contributed by atoms with E-state index in [1.54, 1.807) is 4.68 Å². The highest BCUT2D eigenvalue weighted by molar-refractivity contribution is 4.87. The van der Waals surface area contributed by atoms with Gasteiger partial charge in [0.05, 0.1) is 25.6 Å². The first-order chi connectivity index (χ1) is 7.03. The van der Waals surface area contributed by atoms with E-state index in [0.717, 1.165) is 5.82 Å². The van der Waals surface area contributed by atoms with Gasteiger partial charge in [-0.2, -0.15) is 10.4 Å². The minimum absolute atomic E-state index is 0.0615. The molecule has 1 aromatic heterocycles. The molecule has 0 spiro atoms. The maximum atomic E-state index is 8.49. The van der Waals surface area contributed by atoms with Crippen LogP contribution in [0.3, 0.4) is 0 Å². The topological polar surface area (TPSA) is 66.5 Å². The van der Waals surface area contributed by atoms with Crippen molar-refractivity contribution < 1.29 is 0 Å². The molecule has 0 amide bonds. The maximum absolute atomic E-state index is 8.49. The lowest BCUT2D eigenvalue weighted by molar-refractivity contribution is 0.408. The summed E-state index contributed by atoms with van der Waals surface area (Å²) in [7, 11) is 0. The van der Waals surface area contributed by atoms with Crippen molar-refractivity contribution in [3.63, 3.8) is 0 Å². The van der Waals surface area contributed by atoms with E-state index in [1.165, 1.54) is 6.33 Å². The van der Waals surface area contributed by atoms with Gasteiger partial charge in [0.2, 0.25) is 0 Å². The van der Waals surface area contributed by atoms with E-state index in [4.69, 9.17) is 5.26 Å². The third-order valence-corrected chi connectivity index (χ3v) is 1.91. The molecule has 1 heterocycles. The number of hydrogen-bond donors (Lipinski definition) is 1. The zero-order valence-corrected chi connectivity index (χ0v) is 9.49. The monoisotopic (exact) mass is 207 g/mol. The lowest BCUT2D eigenvalue weighted by atomic mass is 10.1. The summed E-state index contributed by atoms with van der Waals surface area (Å²) in [5.74, 6) is 0.875. The summed E-state index contributed by atoms with van der Waals surface area (Å²) in [6.07, 6.45) is 1.99. The minimum Gasteiger partial charge on any atom is -0.305 e. The Bertz CT molecular complexity index is 341. The van der Waals surface area contributed by atoms with Crippen LogP contribution >= 0.6 is 0 Å². The molecule has 1 aromatic rings. The first-order valence-corrected chi connectivity index (χ1v) is 5.01. The van der Waals surface area contributed by atoms with E-state index >= 15 is 0 Å². The maximum Gasteiger partial charge on any atom is 0.140 e. The summed E-state index contributed by atoms with van der Waals surface area (Å²) in [6.45, 7) is 7.58. The molecule has 0 aliphatic heterocycles. The van der Waals surface area contributed by atoms with Crippen LogP contribution in [0.2, 0.25) is 0 Å². The van der Waals surface area contributed by atoms with Crippen molar-refractivity contribution in [3.8, 4) is 6.07 Å². The number of nitrogens with one attached hydrogen (secondary N) is 1. The highest BCUT2D eigenvalue weighted by Gasteiger charge is 2.11. The number of nitriles is 1. The molecule has 0 radical (unpaired) electrons. The number of rotatable bonds is 4. The molecule has 0 aliphatic carbocycles. The Morgan fingerprint density at radius 3 is 2.87 bits per heavy atom. The average molecular weight is 207 g/mol. The van der Waals surface area contributed by atoms with E-state index in [2.05, 4.69) is 42.2 Å². The van der Waals surface area contributed by atoms with Gasteiger partial charge in [0.25, 0.3) is 0 Å². The second-order valence-electron chi connectivity index (χ2n) is 4.41. The van der Waals surface area contributed by atoms with Crippen LogP contribution in [-0.2, 0) is 13.1 Å². The molecule has 0 saturated carbocycles. The van der Waals surface area contributed by atoms with Crippen molar-refractivity contribution in [1.82, 2.24) is 20.1 Å². The summed E-state index contributed by atoms with van der Waals surface area (Å²) in [6, 6.07) is 2.10. The molecule has 1 rings (SSSR count). The van der Waals surface area contributed by atoms with Gasteiger partial charge in [-0.15, -0.1) is 0 Å². The van der Waals surface area contributed by atoms with Crippen LogP contribution in [0.25, 0.3) is 0 Å². The van der Waals surface area contributed by atoms with Crippen LogP contribution in [0.5, 0.6) is 0 Å². The Labute approximate surface area is 90.1 Å². The molecule has 0 fully saturated rings. The van der Waals surface area contributed by atoms with Crippen LogP contribution in [0.4, 0.5) is 0 Å². The Morgan fingerprint density at radius 2 is 2.27 bits per heavy atom. The van der Waals surface area contributed by atoms with E-state index in [1.807, 2.05) is 0 Å². The van der Waals surface area contributed by atoms with Crippen molar-refractivity contribution in [3.05, 3.63) is 12.2 Å². The smallest absolute Gasteiger partial charge is 0.140 e. The Kier molecular flexibility index (Phi) is 3.81. The van der Waals surface area contributed by atoms with Crippen LogP contribution < -0.4 is 5.32 Å². The van der Waals surface area contributed by atoms with Crippen molar-refractivity contribution >= 4 is 0 Å². The van der Waals surface area contributed by atoms with Gasteiger partial charge in [0, 0.05) is 5.54 Å². The second kappa shape index (κ2) is 4.89. The summed E-state index contributed by atoms with van der Waals surface area (Å²) in [5, 5.41) is 15.9. The predicted octanol–water partition coefficient (Wildman–Crippen LogP) is 1.08. The fraction of sp³-hybridized carbons (Fsp3) is 0.700. The molecule has 5 heteroatoms. The molecule has 1 N–H and O–H groups in total. The van der Waals surface area contributed by atoms with Gasteiger partial charge in [-0.3, -0.25) is 0 Å². The summed E-state index contributed by atoms with van der Waals surface area (Å²) in [4.78, 5) is 4.15. The molecule has 0 saturated heterocycles. The first-order valence-electron chi connectivity index (χ1n) is 5.01. The van der Waals surface area contributed by atoms with Crippen molar-refractivity contribution in [2.24, 2.45) is 0 Å². The van der Waals surface area contributed by atoms with Crippen molar-refractivity contribution in [1.29, 1.82) is 5.26 Å². The van der Waals surface area contributed by atoms with E-state index in [0.29, 0.717) is 19.5 Å². The largest absolute Gasteiger partial charge is 0.305 e. The summed E-state index contributed by atoms with van der Waals surface area (Å²) >= 11 is 0. The Balaban J connectivity index is 2.54. The third-order valence-electron chi connectivity index (χ3n) is 1.91. The quantitative estimate of drug-likeness (QED) is 0.802. The molecule has 15 heavy (non-hydrogen) atoms. The zero-order valence-electron chi connectivity index (χ0n) is 9.49. The molecular weight excluding hydrogens is 190 g/mol. The molecule has 5 nitrogen and oxygen atoms in total. The van der Waals surface area contributed by atoms with Crippen molar-refractivity contribution in [2.45, 2.75) is 45.8 Å². The van der Waals surface area contributed by atoms with Gasteiger partial charge in [-0.1, -0.05) is 0 Å². The molecule has 0 bridgehead atoms. The van der Waals surface area contributed by atoms with E-state index in [9.17, 15) is 0 Å². The Morgan fingerprint density at radius 1 is 1.53 bits per heavy atom. The van der Waals surface area contributed by atoms with E-state index < -0.39 is 0 Å². The fourth-order valence-electron chi connectivity index (χ4n) is 1.11. The standard InChI is InChI=1S/C10H17N5/c1-10(2,3)13-7-9-12-8-14-15(9)6-4-5-11/h8,13H,4,6-7H2,1-3H3. The number of nitrogens with zero attached hydrogens (tertiary/aromatic N) is 4. The van der Waals surface area contributed by atoms with Gasteiger partial charge < -0.3 is 5.32 Å². The van der Waals surface area contributed by atoms with Gasteiger partial charge in [0.15, 0.2) is 0 Å². The van der Waals surface area contributed by atoms with Crippen LogP contribution in [0, 0.1) is 11.3 Å². The first kappa shape index (κ1) is 11.7. The van der Waals surface area contributed by atoms with Crippen LogP contribution in [0.1, 0.15) is 33.0 Å². The van der Waals surface area contributed by atoms with Crippen molar-refractivity contribution in [2.75, 3.05) is 0 Å². The predicted molar refractivity (Wildman–Crippen MR) is 56.8 cm³/mol. The van der Waals surface area contributed by atoms with E-state index in [-0.39, 0.29) is 5.54 Å². The van der Waals surface area contributed by atoms with Gasteiger partial charge in [-0.05, 0) is 20.8 Å². The third kappa shape index (κ3) is 4.09. The highest BCUT2D eigenvalue weighted by atomic mass is 15.3. The minimum atomic E-state index is 0.0615. The average Bonchev–Trinajstić information content (AvgIpc) is 2.57. The number of aryl methyl sites for hydroxylation is 1. The molecule has 0 unspecified atom stereocenters. The number of aromatic nitrogens is 3. The molecule has 82 valence electrons. The molecule has 0 aromatic carbocycles. The molecule has 0 aliphatic rings. The second-order valence-corrected chi connectivity index (χ2v) is 4.41. The molecule has 0 atom stereocenters. The lowest BCUT2D eigenvalue weighted by Crippen LogP contribution is -2.36. The highest BCUT2D eigenvalue weighted by Crippen LogP contribution is 2.02. The zero-order chi connectivity index (χ0) is 11.3. The summed E-state index contributed by atoms with van der Waals surface area (Å²) in [5.41, 5.74) is 0.0615. The van der Waals surface area contributed by atoms with Crippen LogP contribution in [-0.4, -0.2) is 20.3 Å².